The van der Waals surface area contributed by atoms with Crippen LogP contribution in [0.1, 0.15) is 5.56 Å². The first-order valence-electron chi connectivity index (χ1n) is 6.50. The van der Waals surface area contributed by atoms with Crippen LogP contribution in [0, 0.1) is 0 Å². The van der Waals surface area contributed by atoms with E-state index in [2.05, 4.69) is 63.4 Å². The van der Waals surface area contributed by atoms with E-state index >= 15 is 0 Å². The second kappa shape index (κ2) is 6.04. The molecule has 102 valence electrons. The van der Waals surface area contributed by atoms with Crippen molar-refractivity contribution in [1.29, 1.82) is 0 Å². The summed E-state index contributed by atoms with van der Waals surface area (Å²) in [4.78, 5) is 4.64. The van der Waals surface area contributed by atoms with Crippen molar-refractivity contribution in [1.82, 2.24) is 4.98 Å². The van der Waals surface area contributed by atoms with Gasteiger partial charge in [0.15, 0.2) is 0 Å². The lowest BCUT2D eigenvalue weighted by molar-refractivity contribution is 0.964. The first-order chi connectivity index (χ1) is 9.76. The van der Waals surface area contributed by atoms with Crippen LogP contribution in [0.5, 0.6) is 0 Å². The molecule has 2 nitrogen and oxygen atoms in total. The number of rotatable bonds is 4. The summed E-state index contributed by atoms with van der Waals surface area (Å²) in [5.74, 6) is 0. The van der Waals surface area contributed by atoms with Gasteiger partial charge in [0, 0.05) is 20.3 Å². The Morgan fingerprint density at radius 3 is 2.70 bits per heavy atom. The third-order valence-corrected chi connectivity index (χ3v) is 5.09. The highest BCUT2D eigenvalue weighted by atomic mass is 79.9. The van der Waals surface area contributed by atoms with Crippen LogP contribution in [0.4, 0.5) is 0 Å². The van der Waals surface area contributed by atoms with Gasteiger partial charge in [-0.2, -0.15) is 0 Å². The van der Waals surface area contributed by atoms with E-state index in [1.165, 1.54) is 21.4 Å². The molecular formula is C16H15BrN2S. The molecular weight excluding hydrogens is 332 g/mol. The Labute approximate surface area is 130 Å². The van der Waals surface area contributed by atoms with Gasteiger partial charge in [-0.15, -0.1) is 0 Å². The minimum absolute atomic E-state index is 0.681. The molecule has 3 rings (SSSR count). The van der Waals surface area contributed by atoms with Gasteiger partial charge >= 0.3 is 0 Å². The normalized spacial score (nSPS) is 11.1. The number of hydrogen-bond acceptors (Lipinski definition) is 2. The molecule has 0 bridgehead atoms. The molecule has 20 heavy (non-hydrogen) atoms. The fourth-order valence-corrected chi connectivity index (χ4v) is 3.71. The molecule has 0 aliphatic heterocycles. The molecule has 0 amide bonds. The molecule has 2 aromatic carbocycles. The van der Waals surface area contributed by atoms with Gasteiger partial charge in [0.05, 0.1) is 5.03 Å². The average molecular weight is 347 g/mol. The fourth-order valence-electron chi connectivity index (χ4n) is 2.17. The Bertz CT molecular complexity index is 703. The Kier molecular flexibility index (Phi) is 4.15. The highest BCUT2D eigenvalue weighted by Crippen LogP contribution is 2.35. The molecule has 0 saturated carbocycles. The molecule has 3 N–H and O–H groups in total. The molecule has 0 saturated heterocycles. The van der Waals surface area contributed by atoms with Crippen molar-refractivity contribution in [2.45, 2.75) is 16.3 Å². The minimum atomic E-state index is 0.681. The first-order valence-corrected chi connectivity index (χ1v) is 8.11. The summed E-state index contributed by atoms with van der Waals surface area (Å²) >= 11 is 5.38. The molecule has 0 radical (unpaired) electrons. The Balaban J connectivity index is 1.86. The predicted molar refractivity (Wildman–Crippen MR) is 89.3 cm³/mol. The third-order valence-electron chi connectivity index (χ3n) is 3.15. The summed E-state index contributed by atoms with van der Waals surface area (Å²) in [5.41, 5.74) is 8.03. The van der Waals surface area contributed by atoms with E-state index in [1.807, 2.05) is 6.07 Å². The highest BCUT2D eigenvalue weighted by molar-refractivity contribution is 9.10. The molecule has 0 aliphatic rings. The van der Waals surface area contributed by atoms with Gasteiger partial charge in [-0.3, -0.25) is 0 Å². The van der Waals surface area contributed by atoms with Crippen LogP contribution in [-0.2, 0) is 6.42 Å². The number of para-hydroxylation sites is 1. The van der Waals surface area contributed by atoms with Gasteiger partial charge < -0.3 is 10.7 Å². The molecule has 0 fully saturated rings. The number of aromatic amines is 1. The zero-order valence-electron chi connectivity index (χ0n) is 10.9. The van der Waals surface area contributed by atoms with Crippen molar-refractivity contribution < 1.29 is 0 Å². The highest BCUT2D eigenvalue weighted by Gasteiger charge is 2.06. The van der Waals surface area contributed by atoms with Crippen LogP contribution >= 0.6 is 27.7 Å². The topological polar surface area (TPSA) is 41.8 Å². The van der Waals surface area contributed by atoms with E-state index < -0.39 is 0 Å². The summed E-state index contributed by atoms with van der Waals surface area (Å²) in [5, 5.41) is 2.39. The number of H-pyrrole nitrogens is 1. The second-order valence-corrected chi connectivity index (χ2v) is 6.56. The molecule has 3 aromatic rings. The molecule has 0 unspecified atom stereocenters. The summed E-state index contributed by atoms with van der Waals surface area (Å²) in [6.07, 6.45) is 0.913. The zero-order chi connectivity index (χ0) is 13.9. The van der Waals surface area contributed by atoms with E-state index in [0.29, 0.717) is 6.54 Å². The Hall–Kier alpha value is -1.23. The number of benzene rings is 2. The lowest BCUT2D eigenvalue weighted by Crippen LogP contribution is -2.02. The van der Waals surface area contributed by atoms with Gasteiger partial charge in [0.2, 0.25) is 0 Å². The van der Waals surface area contributed by atoms with Crippen molar-refractivity contribution in [3.05, 3.63) is 58.6 Å². The van der Waals surface area contributed by atoms with Gasteiger partial charge in [-0.25, -0.2) is 0 Å². The van der Waals surface area contributed by atoms with Crippen LogP contribution in [0.15, 0.2) is 62.9 Å². The maximum Gasteiger partial charge on any atom is 0.0781 e. The van der Waals surface area contributed by atoms with Crippen LogP contribution in [0.3, 0.4) is 0 Å². The van der Waals surface area contributed by atoms with E-state index in [0.717, 1.165) is 15.9 Å². The van der Waals surface area contributed by atoms with E-state index in [9.17, 15) is 0 Å². The van der Waals surface area contributed by atoms with Crippen LogP contribution in [-0.4, -0.2) is 11.5 Å². The van der Waals surface area contributed by atoms with Crippen molar-refractivity contribution in [3.63, 3.8) is 0 Å². The van der Waals surface area contributed by atoms with Crippen molar-refractivity contribution in [2.75, 3.05) is 6.54 Å². The number of fused-ring (bicyclic) bond motifs is 1. The Morgan fingerprint density at radius 2 is 1.95 bits per heavy atom. The van der Waals surface area contributed by atoms with Gasteiger partial charge in [0.25, 0.3) is 0 Å². The standard InChI is InChI=1S/C16H15BrN2S/c17-13-9-11(7-8-18)5-6-15(13)20-16-10-12-3-1-2-4-14(12)19-16/h1-6,9-10,19H,7-8,18H2. The quantitative estimate of drug-likeness (QED) is 0.725. The lowest BCUT2D eigenvalue weighted by Gasteiger charge is -2.05. The molecule has 4 heteroatoms. The largest absolute Gasteiger partial charge is 0.349 e. The van der Waals surface area contributed by atoms with Gasteiger partial charge in [0.1, 0.15) is 0 Å². The van der Waals surface area contributed by atoms with Crippen molar-refractivity contribution >= 4 is 38.6 Å². The summed E-state index contributed by atoms with van der Waals surface area (Å²) in [6.45, 7) is 0.681. The maximum absolute atomic E-state index is 5.59. The lowest BCUT2D eigenvalue weighted by atomic mass is 10.2. The molecule has 0 atom stereocenters. The molecule has 1 aromatic heterocycles. The van der Waals surface area contributed by atoms with Crippen LogP contribution in [0.2, 0.25) is 0 Å². The molecule has 0 aliphatic carbocycles. The summed E-state index contributed by atoms with van der Waals surface area (Å²) in [6, 6.07) is 16.9. The predicted octanol–water partition coefficient (Wildman–Crippen LogP) is 4.58. The second-order valence-electron chi connectivity index (χ2n) is 4.63. The number of halogens is 1. The Morgan fingerprint density at radius 1 is 1.10 bits per heavy atom. The number of nitrogens with two attached hydrogens (primary N) is 1. The SMILES string of the molecule is NCCc1ccc(Sc2cc3ccccc3[nH]2)c(Br)c1. The third kappa shape index (κ3) is 2.92. The van der Waals surface area contributed by atoms with Gasteiger partial charge in [-0.05, 0) is 58.7 Å². The van der Waals surface area contributed by atoms with Gasteiger partial charge in [-0.1, -0.05) is 36.0 Å². The zero-order valence-corrected chi connectivity index (χ0v) is 13.3. The summed E-state index contributed by atoms with van der Waals surface area (Å²) in [7, 11) is 0. The molecule has 1 heterocycles. The average Bonchev–Trinajstić information content (AvgIpc) is 2.84. The number of nitrogens with one attached hydrogen (secondary N) is 1. The van der Waals surface area contributed by atoms with E-state index in [-0.39, 0.29) is 0 Å². The van der Waals surface area contributed by atoms with Crippen LogP contribution < -0.4 is 5.73 Å². The monoisotopic (exact) mass is 346 g/mol. The maximum atomic E-state index is 5.59. The van der Waals surface area contributed by atoms with E-state index in [1.54, 1.807) is 11.8 Å². The molecule has 0 spiro atoms. The van der Waals surface area contributed by atoms with Crippen molar-refractivity contribution in [3.8, 4) is 0 Å². The first kappa shape index (κ1) is 13.7. The summed E-state index contributed by atoms with van der Waals surface area (Å²) < 4.78 is 1.12. The number of aromatic nitrogens is 1. The fraction of sp³-hybridized carbons (Fsp3) is 0.125. The number of hydrogen-bond donors (Lipinski definition) is 2. The van der Waals surface area contributed by atoms with Crippen LogP contribution in [0.25, 0.3) is 10.9 Å². The smallest absolute Gasteiger partial charge is 0.0781 e. The van der Waals surface area contributed by atoms with Crippen molar-refractivity contribution in [2.24, 2.45) is 5.73 Å². The van der Waals surface area contributed by atoms with E-state index in [4.69, 9.17) is 5.73 Å². The minimum Gasteiger partial charge on any atom is -0.349 e.